The zero-order valence-corrected chi connectivity index (χ0v) is 19.0. The zero-order valence-electron chi connectivity index (χ0n) is 18.2. The van der Waals surface area contributed by atoms with Crippen LogP contribution in [0.2, 0.25) is 0 Å². The van der Waals surface area contributed by atoms with Gasteiger partial charge in [-0.1, -0.05) is 0 Å². The maximum Gasteiger partial charge on any atom is 0.488 e. The topological polar surface area (TPSA) is 142 Å². The molecular weight excluding hydrogens is 432 g/mol. The molecule has 1 saturated heterocycles. The Kier molecular flexibility index (Phi) is 9.16. The summed E-state index contributed by atoms with van der Waals surface area (Å²) in [7, 11) is -3.11. The highest BCUT2D eigenvalue weighted by molar-refractivity contribution is 7.30. The minimum atomic E-state index is -3.11. The van der Waals surface area contributed by atoms with Gasteiger partial charge in [0.05, 0.1) is 39.1 Å². The Morgan fingerprint density at radius 3 is 2.45 bits per heavy atom. The maximum atomic E-state index is 13.2. The SMILES string of the molecule is CC[N+](CC)(CC)CC.O=c1[nH]c(F)nc2c1ncn2[C@H]1C[C@H](O[P+](=O)[O-])[C@@H](CO)O1. The minimum Gasteiger partial charge on any atom is -0.566 e. The Bertz CT molecular complexity index is 916. The zero-order chi connectivity index (χ0) is 23.2. The number of aliphatic hydroxyl groups is 1. The summed E-state index contributed by atoms with van der Waals surface area (Å²) in [5.41, 5.74) is -0.867. The molecule has 1 fully saturated rings. The molecule has 0 spiro atoms. The van der Waals surface area contributed by atoms with E-state index < -0.39 is 44.9 Å². The number of halogens is 1. The molecule has 0 aromatic carbocycles. The first-order valence-corrected chi connectivity index (χ1v) is 11.4. The molecule has 174 valence electrons. The van der Waals surface area contributed by atoms with Crippen LogP contribution in [0.4, 0.5) is 4.39 Å². The van der Waals surface area contributed by atoms with Crippen molar-refractivity contribution in [1.82, 2.24) is 19.5 Å². The van der Waals surface area contributed by atoms with E-state index in [4.69, 9.17) is 4.74 Å². The first-order chi connectivity index (χ1) is 14.7. The first-order valence-electron chi connectivity index (χ1n) is 10.3. The third kappa shape index (κ3) is 5.91. The molecule has 11 nitrogen and oxygen atoms in total. The van der Waals surface area contributed by atoms with Crippen molar-refractivity contribution < 1.29 is 32.7 Å². The van der Waals surface area contributed by atoms with E-state index in [1.807, 2.05) is 4.98 Å². The number of hydrogen-bond donors (Lipinski definition) is 2. The fraction of sp³-hybridized carbons (Fsp3) is 0.722. The Labute approximate surface area is 180 Å². The number of quaternary nitrogens is 1. The van der Waals surface area contributed by atoms with Gasteiger partial charge in [0, 0.05) is 6.42 Å². The number of ether oxygens (including phenoxy) is 1. The predicted octanol–water partition coefficient (Wildman–Crippen LogP) is 0.824. The molecule has 4 atom stereocenters. The number of fused-ring (bicyclic) bond motifs is 1. The van der Waals surface area contributed by atoms with Gasteiger partial charge in [0.25, 0.3) is 11.6 Å². The van der Waals surface area contributed by atoms with Crippen molar-refractivity contribution in [3.05, 3.63) is 22.8 Å². The van der Waals surface area contributed by atoms with Gasteiger partial charge in [-0.25, -0.2) is 4.98 Å². The van der Waals surface area contributed by atoms with E-state index in [1.54, 1.807) is 0 Å². The molecule has 0 bridgehead atoms. The first kappa shape index (κ1) is 25.4. The lowest BCUT2D eigenvalue weighted by molar-refractivity contribution is -0.921. The largest absolute Gasteiger partial charge is 0.566 e. The van der Waals surface area contributed by atoms with Crippen molar-refractivity contribution in [3.63, 3.8) is 0 Å². The number of nitrogens with one attached hydrogen (secondary N) is 1. The molecule has 2 aromatic heterocycles. The maximum absolute atomic E-state index is 13.2. The number of aromatic nitrogens is 4. The number of aromatic amines is 1. The van der Waals surface area contributed by atoms with Gasteiger partial charge in [0.2, 0.25) is 0 Å². The van der Waals surface area contributed by atoms with Gasteiger partial charge in [-0.15, -0.1) is 4.52 Å². The Balaban J connectivity index is 0.000000323. The summed E-state index contributed by atoms with van der Waals surface area (Å²) < 4.78 is 36.6. The number of nitrogens with zero attached hydrogens (tertiary/aromatic N) is 4. The van der Waals surface area contributed by atoms with E-state index in [0.717, 1.165) is 0 Å². The van der Waals surface area contributed by atoms with E-state index in [0.29, 0.717) is 0 Å². The molecular formula is C18H30FN5O6P+. The van der Waals surface area contributed by atoms with Crippen LogP contribution in [-0.4, -0.2) is 74.1 Å². The van der Waals surface area contributed by atoms with Crippen LogP contribution in [0.3, 0.4) is 0 Å². The molecule has 0 amide bonds. The second-order valence-corrected chi connectivity index (χ2v) is 7.86. The third-order valence-corrected chi connectivity index (χ3v) is 6.42. The normalized spacial score (nSPS) is 21.8. The van der Waals surface area contributed by atoms with Crippen LogP contribution in [0.5, 0.6) is 0 Å². The van der Waals surface area contributed by atoms with Crippen molar-refractivity contribution in [2.75, 3.05) is 32.8 Å². The summed E-state index contributed by atoms with van der Waals surface area (Å²) in [4.78, 5) is 31.5. The smallest absolute Gasteiger partial charge is 0.488 e. The van der Waals surface area contributed by atoms with Gasteiger partial charge >= 0.3 is 8.25 Å². The summed E-state index contributed by atoms with van der Waals surface area (Å²) in [5.74, 6) is 0. The molecule has 1 aliphatic heterocycles. The Morgan fingerprint density at radius 1 is 1.35 bits per heavy atom. The molecule has 3 rings (SSSR count). The second-order valence-electron chi connectivity index (χ2n) is 7.20. The lowest BCUT2D eigenvalue weighted by Gasteiger charge is -2.34. The van der Waals surface area contributed by atoms with Crippen LogP contribution in [0.25, 0.3) is 11.2 Å². The average Bonchev–Trinajstić information content (AvgIpc) is 3.34. The van der Waals surface area contributed by atoms with Crippen molar-refractivity contribution in [2.24, 2.45) is 0 Å². The summed E-state index contributed by atoms with van der Waals surface area (Å²) >= 11 is 0. The van der Waals surface area contributed by atoms with Crippen LogP contribution in [0.1, 0.15) is 40.3 Å². The second kappa shape index (κ2) is 11.2. The van der Waals surface area contributed by atoms with E-state index in [-0.39, 0.29) is 17.6 Å². The fourth-order valence-electron chi connectivity index (χ4n) is 3.71. The number of rotatable bonds is 8. The van der Waals surface area contributed by atoms with Crippen molar-refractivity contribution >= 4 is 19.4 Å². The third-order valence-electron chi connectivity index (χ3n) is 5.98. The lowest BCUT2D eigenvalue weighted by Crippen LogP contribution is -2.47. The standard InChI is InChI=1S/C10H10FN4O6P.C8H20N/c11-10-13-8-7(9(17)14-10)12-3-15(8)6-1-4(21-22(18)19)5(2-16)20-6;1-5-9(6-2,7-3)8-4/h3-6,16H,1-2H2,(H,13,14,17);5-8H2,1-4H3/q;+1/t4-,5+,6+;/m0./s1. The molecule has 0 aliphatic carbocycles. The number of aliphatic hydroxyl groups excluding tert-OH is 1. The van der Waals surface area contributed by atoms with Gasteiger partial charge in [-0.2, -0.15) is 9.37 Å². The molecule has 0 saturated carbocycles. The highest BCUT2D eigenvalue weighted by atomic mass is 31.1. The van der Waals surface area contributed by atoms with Gasteiger partial charge in [0.1, 0.15) is 18.4 Å². The number of imidazole rings is 1. The number of H-pyrrole nitrogens is 1. The molecule has 2 aromatic rings. The highest BCUT2D eigenvalue weighted by Gasteiger charge is 2.40. The van der Waals surface area contributed by atoms with Gasteiger partial charge < -0.3 is 19.2 Å². The van der Waals surface area contributed by atoms with Gasteiger partial charge in [-0.05, 0) is 32.3 Å². The molecule has 0 radical (unpaired) electrons. The molecule has 13 heteroatoms. The summed E-state index contributed by atoms with van der Waals surface area (Å²) in [5, 5.41) is 9.21. The van der Waals surface area contributed by atoms with E-state index >= 15 is 0 Å². The van der Waals surface area contributed by atoms with E-state index in [1.165, 1.54) is 41.6 Å². The average molecular weight is 462 g/mol. The lowest BCUT2D eigenvalue weighted by atomic mass is 10.2. The molecule has 31 heavy (non-hydrogen) atoms. The van der Waals surface area contributed by atoms with Crippen molar-refractivity contribution in [2.45, 2.75) is 52.6 Å². The van der Waals surface area contributed by atoms with Crippen molar-refractivity contribution in [1.29, 1.82) is 0 Å². The van der Waals surface area contributed by atoms with E-state index in [2.05, 4.69) is 42.2 Å². The Morgan fingerprint density at radius 2 is 1.97 bits per heavy atom. The number of hydrogen-bond acceptors (Lipinski definition) is 8. The van der Waals surface area contributed by atoms with E-state index in [9.17, 15) is 23.7 Å². The summed E-state index contributed by atoms with van der Waals surface area (Å²) in [6.45, 7) is 13.8. The molecule has 2 N–H and O–H groups in total. The molecule has 3 heterocycles. The predicted molar refractivity (Wildman–Crippen MR) is 109 cm³/mol. The highest BCUT2D eigenvalue weighted by Crippen LogP contribution is 2.35. The van der Waals surface area contributed by atoms with Crippen LogP contribution >= 0.6 is 8.25 Å². The monoisotopic (exact) mass is 462 g/mol. The molecule has 1 unspecified atom stereocenters. The van der Waals surface area contributed by atoms with Gasteiger partial charge in [-0.3, -0.25) is 14.3 Å². The summed E-state index contributed by atoms with van der Waals surface area (Å²) in [6.07, 6.45) is -2.34. The summed E-state index contributed by atoms with van der Waals surface area (Å²) in [6, 6.07) is 0. The minimum absolute atomic E-state index is 0.0462. The quantitative estimate of drug-likeness (QED) is 0.334. The van der Waals surface area contributed by atoms with Gasteiger partial charge in [0.15, 0.2) is 11.2 Å². The van der Waals surface area contributed by atoms with Crippen LogP contribution in [0, 0.1) is 6.08 Å². The van der Waals surface area contributed by atoms with Crippen LogP contribution < -0.4 is 10.5 Å². The Hall–Kier alpha value is -1.82. The van der Waals surface area contributed by atoms with Crippen LogP contribution in [-0.2, 0) is 13.8 Å². The van der Waals surface area contributed by atoms with Crippen molar-refractivity contribution in [3.8, 4) is 0 Å². The fourth-order valence-corrected chi connectivity index (χ4v) is 4.15. The van der Waals surface area contributed by atoms with Crippen LogP contribution in [0.15, 0.2) is 11.1 Å². The molecule has 1 aliphatic rings.